The van der Waals surface area contributed by atoms with Crippen LogP contribution in [0, 0.1) is 12.8 Å². The second kappa shape index (κ2) is 7.23. The lowest BCUT2D eigenvalue weighted by Crippen LogP contribution is -2.16. The molecule has 3 nitrogen and oxygen atoms in total. The number of aromatic nitrogens is 1. The van der Waals surface area contributed by atoms with Crippen LogP contribution in [0.4, 0.5) is 5.82 Å². The third-order valence-corrected chi connectivity index (χ3v) is 2.69. The predicted octanol–water partition coefficient (Wildman–Crippen LogP) is 2.60. The number of aliphatic hydroxyl groups excluding tert-OH is 1. The molecule has 1 rings (SSSR count). The van der Waals surface area contributed by atoms with E-state index in [4.69, 9.17) is 5.11 Å². The quantitative estimate of drug-likeness (QED) is 0.745. The summed E-state index contributed by atoms with van der Waals surface area (Å²) in [7, 11) is 0. The van der Waals surface area contributed by atoms with E-state index in [1.54, 1.807) is 0 Å². The van der Waals surface area contributed by atoms with Gasteiger partial charge in [-0.2, -0.15) is 0 Å². The van der Waals surface area contributed by atoms with Gasteiger partial charge in [-0.05, 0) is 37.8 Å². The van der Waals surface area contributed by atoms with Crippen molar-refractivity contribution in [1.29, 1.82) is 0 Å². The molecule has 1 atom stereocenters. The van der Waals surface area contributed by atoms with Crippen molar-refractivity contribution in [2.24, 2.45) is 5.92 Å². The summed E-state index contributed by atoms with van der Waals surface area (Å²) in [5.41, 5.74) is 1.03. The molecule has 1 heterocycles. The van der Waals surface area contributed by atoms with Crippen molar-refractivity contribution >= 4 is 5.82 Å². The van der Waals surface area contributed by atoms with Crippen molar-refractivity contribution in [2.75, 3.05) is 18.5 Å². The third-order valence-electron chi connectivity index (χ3n) is 2.69. The monoisotopic (exact) mass is 222 g/mol. The molecule has 0 saturated heterocycles. The first-order valence-electron chi connectivity index (χ1n) is 6.04. The van der Waals surface area contributed by atoms with Gasteiger partial charge >= 0.3 is 0 Å². The van der Waals surface area contributed by atoms with Gasteiger partial charge in [0.05, 0.1) is 0 Å². The van der Waals surface area contributed by atoms with E-state index in [9.17, 15) is 0 Å². The summed E-state index contributed by atoms with van der Waals surface area (Å²) in [4.78, 5) is 4.39. The maximum atomic E-state index is 8.96. The lowest BCUT2D eigenvalue weighted by atomic mass is 10.0. The van der Waals surface area contributed by atoms with E-state index < -0.39 is 0 Å². The Morgan fingerprint density at radius 3 is 2.81 bits per heavy atom. The molecule has 16 heavy (non-hydrogen) atoms. The van der Waals surface area contributed by atoms with Crippen LogP contribution >= 0.6 is 0 Å². The lowest BCUT2D eigenvalue weighted by Gasteiger charge is -2.16. The van der Waals surface area contributed by atoms with Crippen LogP contribution in [0.25, 0.3) is 0 Å². The molecule has 90 valence electrons. The Balaban J connectivity index is 2.41. The van der Waals surface area contributed by atoms with Crippen LogP contribution in [0.3, 0.4) is 0 Å². The zero-order chi connectivity index (χ0) is 11.8. The fourth-order valence-electron chi connectivity index (χ4n) is 1.83. The van der Waals surface area contributed by atoms with Gasteiger partial charge in [-0.3, -0.25) is 0 Å². The number of anilines is 1. The van der Waals surface area contributed by atoms with Gasteiger partial charge in [-0.25, -0.2) is 4.98 Å². The molecular formula is C13H22N2O. The summed E-state index contributed by atoms with van der Waals surface area (Å²) < 4.78 is 0. The maximum absolute atomic E-state index is 8.96. The summed E-state index contributed by atoms with van der Waals surface area (Å²) in [5.74, 6) is 1.47. The van der Waals surface area contributed by atoms with Gasteiger partial charge in [-0.15, -0.1) is 0 Å². The molecule has 0 aliphatic heterocycles. The standard InChI is InChI=1S/C13H22N2O/c1-3-5-12(8-9-16)10-14-13-7-4-6-11(2)15-13/h4,6-7,12,16H,3,5,8-10H2,1-2H3,(H,14,15). The van der Waals surface area contributed by atoms with E-state index in [2.05, 4.69) is 17.2 Å². The molecule has 0 amide bonds. The fourth-order valence-corrected chi connectivity index (χ4v) is 1.83. The molecule has 2 N–H and O–H groups in total. The molecule has 1 aromatic rings. The van der Waals surface area contributed by atoms with Crippen LogP contribution in [0.15, 0.2) is 18.2 Å². The second-order valence-corrected chi connectivity index (χ2v) is 4.21. The van der Waals surface area contributed by atoms with Gasteiger partial charge in [0.15, 0.2) is 0 Å². The zero-order valence-electron chi connectivity index (χ0n) is 10.2. The van der Waals surface area contributed by atoms with E-state index in [1.165, 1.54) is 0 Å². The van der Waals surface area contributed by atoms with Crippen molar-refractivity contribution in [1.82, 2.24) is 4.98 Å². The van der Waals surface area contributed by atoms with Crippen LogP contribution in [-0.2, 0) is 0 Å². The Morgan fingerprint density at radius 2 is 2.19 bits per heavy atom. The van der Waals surface area contributed by atoms with E-state index in [0.29, 0.717) is 5.92 Å². The van der Waals surface area contributed by atoms with Gasteiger partial charge in [0, 0.05) is 18.8 Å². The normalized spacial score (nSPS) is 12.4. The number of nitrogens with zero attached hydrogens (tertiary/aromatic N) is 1. The Kier molecular flexibility index (Phi) is 5.86. The molecule has 0 saturated carbocycles. The SMILES string of the molecule is CCCC(CCO)CNc1cccc(C)n1. The fraction of sp³-hybridized carbons (Fsp3) is 0.615. The van der Waals surface area contributed by atoms with Crippen LogP contribution in [0.2, 0.25) is 0 Å². The molecule has 0 aliphatic rings. The van der Waals surface area contributed by atoms with Crippen LogP contribution in [0.5, 0.6) is 0 Å². The average molecular weight is 222 g/mol. The van der Waals surface area contributed by atoms with Crippen molar-refractivity contribution in [3.63, 3.8) is 0 Å². The second-order valence-electron chi connectivity index (χ2n) is 4.21. The largest absolute Gasteiger partial charge is 0.396 e. The molecule has 1 unspecified atom stereocenters. The van der Waals surface area contributed by atoms with E-state index in [1.807, 2.05) is 25.1 Å². The highest BCUT2D eigenvalue weighted by atomic mass is 16.3. The van der Waals surface area contributed by atoms with E-state index >= 15 is 0 Å². The summed E-state index contributed by atoms with van der Waals surface area (Å²) in [6.45, 7) is 5.33. The molecule has 0 spiro atoms. The van der Waals surface area contributed by atoms with Gasteiger partial charge < -0.3 is 10.4 Å². The number of aryl methyl sites for hydroxylation is 1. The number of hydrogen-bond acceptors (Lipinski definition) is 3. The van der Waals surface area contributed by atoms with E-state index in [-0.39, 0.29) is 6.61 Å². The smallest absolute Gasteiger partial charge is 0.126 e. The highest BCUT2D eigenvalue weighted by Gasteiger charge is 2.06. The summed E-state index contributed by atoms with van der Waals surface area (Å²) in [6.07, 6.45) is 3.18. The minimum Gasteiger partial charge on any atom is -0.396 e. The molecule has 0 aliphatic carbocycles. The van der Waals surface area contributed by atoms with Crippen LogP contribution in [0.1, 0.15) is 31.9 Å². The van der Waals surface area contributed by atoms with Crippen LogP contribution in [-0.4, -0.2) is 23.2 Å². The Hall–Kier alpha value is -1.09. The van der Waals surface area contributed by atoms with Crippen molar-refractivity contribution < 1.29 is 5.11 Å². The third kappa shape index (κ3) is 4.62. The number of aliphatic hydroxyl groups is 1. The first-order chi connectivity index (χ1) is 7.76. The first kappa shape index (κ1) is 13.0. The summed E-state index contributed by atoms with van der Waals surface area (Å²) in [6, 6.07) is 5.98. The number of pyridine rings is 1. The minimum absolute atomic E-state index is 0.271. The Labute approximate surface area is 97.9 Å². The molecular weight excluding hydrogens is 200 g/mol. The van der Waals surface area contributed by atoms with Gasteiger partial charge in [0.2, 0.25) is 0 Å². The van der Waals surface area contributed by atoms with Gasteiger partial charge in [0.25, 0.3) is 0 Å². The molecule has 0 fully saturated rings. The Bertz CT molecular complexity index is 296. The highest BCUT2D eigenvalue weighted by molar-refractivity contribution is 5.34. The van der Waals surface area contributed by atoms with Crippen molar-refractivity contribution in [3.05, 3.63) is 23.9 Å². The Morgan fingerprint density at radius 1 is 1.38 bits per heavy atom. The lowest BCUT2D eigenvalue weighted by molar-refractivity contribution is 0.255. The average Bonchev–Trinajstić information content (AvgIpc) is 2.27. The number of rotatable bonds is 7. The molecule has 1 aromatic heterocycles. The number of nitrogens with one attached hydrogen (secondary N) is 1. The van der Waals surface area contributed by atoms with Crippen molar-refractivity contribution in [3.8, 4) is 0 Å². The molecule has 3 heteroatoms. The first-order valence-corrected chi connectivity index (χ1v) is 6.04. The molecule has 0 radical (unpaired) electrons. The number of hydrogen-bond donors (Lipinski definition) is 2. The van der Waals surface area contributed by atoms with Gasteiger partial charge in [-0.1, -0.05) is 19.4 Å². The predicted molar refractivity (Wildman–Crippen MR) is 67.6 cm³/mol. The minimum atomic E-state index is 0.271. The molecule has 0 bridgehead atoms. The highest BCUT2D eigenvalue weighted by Crippen LogP contribution is 2.12. The van der Waals surface area contributed by atoms with E-state index in [0.717, 1.165) is 37.3 Å². The zero-order valence-corrected chi connectivity index (χ0v) is 10.2. The van der Waals surface area contributed by atoms with Gasteiger partial charge in [0.1, 0.15) is 5.82 Å². The van der Waals surface area contributed by atoms with Crippen molar-refractivity contribution in [2.45, 2.75) is 33.1 Å². The summed E-state index contributed by atoms with van der Waals surface area (Å²) >= 11 is 0. The maximum Gasteiger partial charge on any atom is 0.126 e. The summed E-state index contributed by atoms with van der Waals surface area (Å²) in [5, 5.41) is 12.3. The molecule has 0 aromatic carbocycles. The topological polar surface area (TPSA) is 45.1 Å². The van der Waals surface area contributed by atoms with Crippen LogP contribution < -0.4 is 5.32 Å².